The molecule has 0 saturated carbocycles. The fourth-order valence-corrected chi connectivity index (χ4v) is 4.35. The highest BCUT2D eigenvalue weighted by Crippen LogP contribution is 2.27. The van der Waals surface area contributed by atoms with Crippen molar-refractivity contribution in [1.82, 2.24) is 4.98 Å². The lowest BCUT2D eigenvalue weighted by molar-refractivity contribution is 0.357. The Morgan fingerprint density at radius 2 is 1.79 bits per heavy atom. The third-order valence-corrected chi connectivity index (χ3v) is 5.71. The minimum Gasteiger partial charge on any atom is -0.497 e. The number of aromatic nitrogens is 1. The number of nitrogens with one attached hydrogen (secondary N) is 2. The van der Waals surface area contributed by atoms with Gasteiger partial charge >= 0.3 is 0 Å². The second-order valence-electron chi connectivity index (χ2n) is 8.33. The molecule has 3 aromatic rings. The van der Waals surface area contributed by atoms with Gasteiger partial charge < -0.3 is 19.9 Å². The summed E-state index contributed by atoms with van der Waals surface area (Å²) in [7, 11) is 1.64. The van der Waals surface area contributed by atoms with Crippen molar-refractivity contribution in [3.05, 3.63) is 64.4 Å². The van der Waals surface area contributed by atoms with Crippen molar-refractivity contribution < 1.29 is 4.74 Å². The number of ether oxygens (including phenoxy) is 1. The van der Waals surface area contributed by atoms with Gasteiger partial charge in [-0.25, -0.2) is 0 Å². The quantitative estimate of drug-likeness (QED) is 0.666. The maximum atomic E-state index is 12.4. The normalized spacial score (nSPS) is 19.3. The summed E-state index contributed by atoms with van der Waals surface area (Å²) in [5.74, 6) is 2.24. The molecule has 0 bridgehead atoms. The first-order valence-electron chi connectivity index (χ1n) is 10.3. The summed E-state index contributed by atoms with van der Waals surface area (Å²) in [6, 6.07) is 16.1. The second kappa shape index (κ2) is 8.19. The van der Waals surface area contributed by atoms with Gasteiger partial charge in [0, 0.05) is 47.5 Å². The van der Waals surface area contributed by atoms with Crippen LogP contribution in [-0.2, 0) is 6.54 Å². The summed E-state index contributed by atoms with van der Waals surface area (Å²) in [6.07, 6.45) is 1.31. The van der Waals surface area contributed by atoms with E-state index in [0.717, 1.165) is 47.3 Å². The molecule has 0 spiro atoms. The van der Waals surface area contributed by atoms with Crippen LogP contribution in [0.1, 0.15) is 25.8 Å². The number of hydrogen-bond donors (Lipinski definition) is 2. The monoisotopic (exact) mass is 391 g/mol. The van der Waals surface area contributed by atoms with Crippen LogP contribution in [0.3, 0.4) is 0 Å². The second-order valence-corrected chi connectivity index (χ2v) is 8.33. The highest BCUT2D eigenvalue weighted by Gasteiger charge is 2.21. The molecule has 1 aliphatic rings. The molecule has 0 radical (unpaired) electrons. The van der Waals surface area contributed by atoms with Gasteiger partial charge in [0.2, 0.25) is 0 Å². The fourth-order valence-electron chi connectivity index (χ4n) is 4.35. The Hall–Kier alpha value is -2.95. The number of H-pyrrole nitrogens is 1. The maximum absolute atomic E-state index is 12.4. The summed E-state index contributed by atoms with van der Waals surface area (Å²) in [6.45, 7) is 7.37. The van der Waals surface area contributed by atoms with Gasteiger partial charge in [-0.1, -0.05) is 13.8 Å². The summed E-state index contributed by atoms with van der Waals surface area (Å²) in [4.78, 5) is 17.8. The fraction of sp³-hybridized carbons (Fsp3) is 0.375. The van der Waals surface area contributed by atoms with Crippen LogP contribution in [0.4, 0.5) is 11.4 Å². The van der Waals surface area contributed by atoms with Gasteiger partial charge in [0.15, 0.2) is 0 Å². The zero-order valence-corrected chi connectivity index (χ0v) is 17.4. The molecule has 0 amide bonds. The number of methoxy groups -OCH3 is 1. The van der Waals surface area contributed by atoms with E-state index in [0.29, 0.717) is 12.1 Å². The van der Waals surface area contributed by atoms with E-state index in [1.54, 1.807) is 7.11 Å². The van der Waals surface area contributed by atoms with Gasteiger partial charge in [0.1, 0.15) is 5.75 Å². The molecule has 152 valence electrons. The third-order valence-electron chi connectivity index (χ3n) is 5.71. The van der Waals surface area contributed by atoms with Crippen molar-refractivity contribution >= 4 is 22.3 Å². The minimum absolute atomic E-state index is 0.0666. The number of piperidine rings is 1. The molecule has 29 heavy (non-hydrogen) atoms. The lowest BCUT2D eigenvalue weighted by Gasteiger charge is -2.36. The number of aromatic amines is 1. The third kappa shape index (κ3) is 4.39. The smallest absolute Gasteiger partial charge is 0.253 e. The molecular formula is C24H29N3O2. The lowest BCUT2D eigenvalue weighted by Crippen LogP contribution is -2.38. The van der Waals surface area contributed by atoms with Gasteiger partial charge in [-0.3, -0.25) is 4.79 Å². The van der Waals surface area contributed by atoms with Crippen molar-refractivity contribution in [2.45, 2.75) is 26.8 Å². The van der Waals surface area contributed by atoms with E-state index >= 15 is 0 Å². The van der Waals surface area contributed by atoms with E-state index in [4.69, 9.17) is 4.74 Å². The SMILES string of the molecule is COc1ccc2[nH]c(=O)c(CNc3ccc(N4CC(C)CC(C)C4)cc3)cc2c1. The predicted molar refractivity (Wildman–Crippen MR) is 120 cm³/mol. The number of benzene rings is 2. The number of pyridine rings is 1. The molecule has 1 fully saturated rings. The molecule has 1 saturated heterocycles. The topological polar surface area (TPSA) is 57.4 Å². The molecule has 1 aliphatic heterocycles. The van der Waals surface area contributed by atoms with E-state index in [2.05, 4.69) is 53.3 Å². The first-order chi connectivity index (χ1) is 14.0. The van der Waals surface area contributed by atoms with Crippen molar-refractivity contribution in [2.24, 2.45) is 11.8 Å². The van der Waals surface area contributed by atoms with Gasteiger partial charge in [0.05, 0.1) is 7.11 Å². The molecule has 1 aromatic heterocycles. The molecule has 2 N–H and O–H groups in total. The molecule has 2 atom stereocenters. The summed E-state index contributed by atoms with van der Waals surface area (Å²) in [5, 5.41) is 4.34. The van der Waals surface area contributed by atoms with Crippen molar-refractivity contribution in [2.75, 3.05) is 30.4 Å². The van der Waals surface area contributed by atoms with Gasteiger partial charge in [-0.2, -0.15) is 0 Å². The van der Waals surface area contributed by atoms with Crippen LogP contribution in [0.25, 0.3) is 10.9 Å². The zero-order valence-electron chi connectivity index (χ0n) is 17.4. The molecule has 0 aliphatic carbocycles. The van der Waals surface area contributed by atoms with E-state index in [1.165, 1.54) is 12.1 Å². The Labute approximate surface area is 171 Å². The average molecular weight is 392 g/mol. The first kappa shape index (κ1) is 19.4. The van der Waals surface area contributed by atoms with Crippen molar-refractivity contribution in [1.29, 1.82) is 0 Å². The predicted octanol–water partition coefficient (Wildman–Crippen LogP) is 4.63. The Kier molecular flexibility index (Phi) is 5.47. The van der Waals surface area contributed by atoms with Crippen LogP contribution in [-0.4, -0.2) is 25.2 Å². The molecule has 4 rings (SSSR count). The van der Waals surface area contributed by atoms with Crippen LogP contribution in [0.2, 0.25) is 0 Å². The highest BCUT2D eigenvalue weighted by atomic mass is 16.5. The van der Waals surface area contributed by atoms with Crippen LogP contribution in [0, 0.1) is 11.8 Å². The van der Waals surface area contributed by atoms with E-state index in [-0.39, 0.29) is 5.56 Å². The molecule has 2 aromatic carbocycles. The largest absolute Gasteiger partial charge is 0.497 e. The number of anilines is 2. The van der Waals surface area contributed by atoms with Crippen LogP contribution < -0.4 is 20.5 Å². The summed E-state index contributed by atoms with van der Waals surface area (Å²) in [5.41, 5.74) is 3.73. The maximum Gasteiger partial charge on any atom is 0.253 e. The Morgan fingerprint density at radius 3 is 2.48 bits per heavy atom. The highest BCUT2D eigenvalue weighted by molar-refractivity contribution is 5.80. The van der Waals surface area contributed by atoms with Crippen LogP contribution in [0.5, 0.6) is 5.75 Å². The van der Waals surface area contributed by atoms with Crippen LogP contribution >= 0.6 is 0 Å². The molecule has 2 heterocycles. The van der Waals surface area contributed by atoms with Crippen molar-refractivity contribution in [3.63, 3.8) is 0 Å². The Balaban J connectivity index is 1.46. The molecule has 5 nitrogen and oxygen atoms in total. The minimum atomic E-state index is -0.0666. The van der Waals surface area contributed by atoms with Gasteiger partial charge in [-0.15, -0.1) is 0 Å². The average Bonchev–Trinajstić information content (AvgIpc) is 2.71. The summed E-state index contributed by atoms with van der Waals surface area (Å²) >= 11 is 0. The Bertz CT molecular complexity index is 1030. The summed E-state index contributed by atoms with van der Waals surface area (Å²) < 4.78 is 5.28. The van der Waals surface area contributed by atoms with Crippen molar-refractivity contribution in [3.8, 4) is 5.75 Å². The van der Waals surface area contributed by atoms with E-state index in [9.17, 15) is 4.79 Å². The number of nitrogens with zero attached hydrogens (tertiary/aromatic N) is 1. The molecular weight excluding hydrogens is 362 g/mol. The molecule has 5 heteroatoms. The number of fused-ring (bicyclic) bond motifs is 1. The van der Waals surface area contributed by atoms with E-state index < -0.39 is 0 Å². The van der Waals surface area contributed by atoms with Gasteiger partial charge in [-0.05, 0) is 66.8 Å². The van der Waals surface area contributed by atoms with Gasteiger partial charge in [0.25, 0.3) is 5.56 Å². The number of hydrogen-bond acceptors (Lipinski definition) is 4. The number of rotatable bonds is 5. The lowest BCUT2D eigenvalue weighted by atomic mass is 9.91. The molecule has 2 unspecified atom stereocenters. The first-order valence-corrected chi connectivity index (χ1v) is 10.3. The Morgan fingerprint density at radius 1 is 1.07 bits per heavy atom. The standard InChI is InChI=1S/C24H29N3O2/c1-16-10-17(2)15-27(14-16)21-6-4-20(5-7-21)25-13-19-11-18-12-22(29-3)8-9-23(18)26-24(19)28/h4-9,11-12,16-17,25H,10,13-15H2,1-3H3,(H,26,28). The van der Waals surface area contributed by atoms with E-state index in [1.807, 2.05) is 24.3 Å². The zero-order chi connectivity index (χ0) is 20.4. The van der Waals surface area contributed by atoms with Crippen LogP contribution in [0.15, 0.2) is 53.3 Å².